The van der Waals surface area contributed by atoms with E-state index in [0.29, 0.717) is 12.8 Å². The predicted molar refractivity (Wildman–Crippen MR) is 269 cm³/mol. The normalized spacial score (nSPS) is 29.1. The van der Waals surface area contributed by atoms with Crippen LogP contribution in [0.3, 0.4) is 0 Å². The van der Waals surface area contributed by atoms with Crippen molar-refractivity contribution in [3.63, 3.8) is 0 Å². The summed E-state index contributed by atoms with van der Waals surface area (Å²) in [6.45, 7) is 9.51. The van der Waals surface area contributed by atoms with Gasteiger partial charge >= 0.3 is 0 Å². The Balaban J connectivity index is 2.17. The second-order valence-electron chi connectivity index (χ2n) is 19.5. The molecule has 420 valence electrons. The predicted octanol–water partition coefficient (Wildman–Crippen LogP) is -6.73. The second kappa shape index (κ2) is 29.5. The van der Waals surface area contributed by atoms with Crippen molar-refractivity contribution in [3.05, 3.63) is 35.9 Å². The minimum Gasteiger partial charge on any atom is -0.394 e. The van der Waals surface area contributed by atoms with Gasteiger partial charge in [0.15, 0.2) is 12.1 Å². The number of rotatable bonds is 15. The number of guanidine groups is 1. The van der Waals surface area contributed by atoms with Gasteiger partial charge in [-0.1, -0.05) is 78.3 Å². The van der Waals surface area contributed by atoms with Crippen molar-refractivity contribution >= 4 is 59.1 Å². The highest BCUT2D eigenvalue weighted by Crippen LogP contribution is 2.28. The third-order valence-electron chi connectivity index (χ3n) is 12.6. The van der Waals surface area contributed by atoms with Crippen LogP contribution in [-0.2, 0) is 47.9 Å². The molecule has 2 aliphatic heterocycles. The lowest BCUT2D eigenvalue weighted by Gasteiger charge is -2.32. The molecule has 0 bridgehead atoms. The molecule has 0 spiro atoms. The Morgan fingerprint density at radius 3 is 1.87 bits per heavy atom. The number of amides is 9. The zero-order valence-electron chi connectivity index (χ0n) is 43.3. The van der Waals surface area contributed by atoms with Crippen LogP contribution in [0.5, 0.6) is 0 Å². The smallest absolute Gasteiger partial charge is 0.248 e. The summed E-state index contributed by atoms with van der Waals surface area (Å²) in [7, 11) is 0. The molecule has 28 nitrogen and oxygen atoms in total. The number of carbonyl (C=O) groups excluding carboxylic acids is 9. The molecular formula is C47H78N14O14. The number of ether oxygens (including phenoxy) is 1. The molecular weight excluding hydrogens is 985 g/mol. The number of epoxide rings is 1. The Morgan fingerprint density at radius 1 is 0.720 bits per heavy atom. The molecule has 2 aliphatic rings. The number of fused-ring (bicyclic) bond motifs is 1. The van der Waals surface area contributed by atoms with Crippen molar-refractivity contribution in [1.29, 1.82) is 0 Å². The van der Waals surface area contributed by atoms with Crippen molar-refractivity contribution in [1.82, 2.24) is 47.9 Å². The third kappa shape index (κ3) is 19.0. The Labute approximate surface area is 434 Å². The van der Waals surface area contributed by atoms with Crippen molar-refractivity contribution in [2.24, 2.45) is 45.7 Å². The topological polar surface area (TPSA) is 472 Å². The fourth-order valence-electron chi connectivity index (χ4n) is 8.00. The first-order valence-electron chi connectivity index (χ1n) is 24.8. The van der Waals surface area contributed by atoms with E-state index in [4.69, 9.17) is 27.7 Å². The number of nitrogens with zero attached hydrogens (tertiary/aromatic N) is 1. The maximum atomic E-state index is 14.4. The van der Waals surface area contributed by atoms with E-state index >= 15 is 0 Å². The molecule has 21 N–H and O–H groups in total. The summed E-state index contributed by atoms with van der Waals surface area (Å²) < 4.78 is 6.02. The Kier molecular flexibility index (Phi) is 24.7. The zero-order chi connectivity index (χ0) is 56.4. The van der Waals surface area contributed by atoms with E-state index in [0.717, 1.165) is 0 Å². The van der Waals surface area contributed by atoms with Crippen LogP contribution < -0.4 is 70.8 Å². The lowest BCUT2D eigenvalue weighted by molar-refractivity contribution is -0.140. The first-order chi connectivity index (χ1) is 35.2. The maximum Gasteiger partial charge on any atom is 0.248 e. The van der Waals surface area contributed by atoms with Crippen LogP contribution in [0.1, 0.15) is 85.8 Å². The van der Waals surface area contributed by atoms with Crippen molar-refractivity contribution in [2.45, 2.75) is 159 Å². The Morgan fingerprint density at radius 2 is 1.31 bits per heavy atom. The molecule has 2 heterocycles. The fraction of sp³-hybridized carbons (Fsp3) is 0.660. The number of benzene rings is 1. The van der Waals surface area contributed by atoms with Crippen LogP contribution in [0.15, 0.2) is 35.3 Å². The maximum absolute atomic E-state index is 14.4. The average Bonchev–Trinajstić information content (AvgIpc) is 4.13. The largest absolute Gasteiger partial charge is 0.394 e. The number of hydrogen-bond acceptors (Lipinski definition) is 17. The van der Waals surface area contributed by atoms with E-state index in [-0.39, 0.29) is 36.8 Å². The van der Waals surface area contributed by atoms with Crippen LogP contribution in [-0.4, -0.2) is 178 Å². The highest BCUT2D eigenvalue weighted by atomic mass is 16.6. The number of carbonyl (C=O) groups is 9. The lowest BCUT2D eigenvalue weighted by Crippen LogP contribution is -2.63. The lowest BCUT2D eigenvalue weighted by atomic mass is 9.95. The zero-order valence-corrected chi connectivity index (χ0v) is 43.3. The second-order valence-corrected chi connectivity index (χ2v) is 19.5. The molecule has 3 unspecified atom stereocenters. The summed E-state index contributed by atoms with van der Waals surface area (Å²) in [5, 5.41) is 65.6. The Hall–Kier alpha value is -6.56. The Bertz CT molecular complexity index is 2170. The van der Waals surface area contributed by atoms with Gasteiger partial charge in [-0.15, -0.1) is 0 Å². The van der Waals surface area contributed by atoms with Crippen LogP contribution >= 0.6 is 0 Å². The first kappa shape index (κ1) is 62.7. The van der Waals surface area contributed by atoms with Crippen molar-refractivity contribution in [2.75, 3.05) is 19.7 Å². The summed E-state index contributed by atoms with van der Waals surface area (Å²) >= 11 is 0. The molecule has 9 amide bonds. The number of aliphatic hydroxyl groups excluding tert-OH is 4. The summed E-state index contributed by atoms with van der Waals surface area (Å²) in [6, 6.07) is -6.37. The van der Waals surface area contributed by atoms with Crippen molar-refractivity contribution in [3.8, 4) is 0 Å². The van der Waals surface area contributed by atoms with Crippen LogP contribution in [0.25, 0.3) is 0 Å². The summed E-state index contributed by atoms with van der Waals surface area (Å²) in [5.41, 5.74) is 23.1. The van der Waals surface area contributed by atoms with Gasteiger partial charge in [0.2, 0.25) is 53.2 Å². The number of hydrogen-bond donors (Lipinski definition) is 17. The molecule has 3 rings (SSSR count). The molecule has 0 aromatic heterocycles. The van der Waals surface area contributed by atoms with Crippen molar-refractivity contribution < 1.29 is 68.3 Å². The van der Waals surface area contributed by atoms with Crippen LogP contribution in [0.4, 0.5) is 0 Å². The van der Waals surface area contributed by atoms with E-state index in [1.165, 1.54) is 19.1 Å². The minimum absolute atomic E-state index is 0.0644. The monoisotopic (exact) mass is 1060 g/mol. The van der Waals surface area contributed by atoms with Crippen LogP contribution in [0.2, 0.25) is 0 Å². The van der Waals surface area contributed by atoms with Gasteiger partial charge in [-0.3, -0.25) is 53.5 Å². The van der Waals surface area contributed by atoms with Gasteiger partial charge in [-0.2, -0.15) is 0 Å². The number of aliphatic hydroxyl groups is 4. The van der Waals surface area contributed by atoms with Gasteiger partial charge in [0, 0.05) is 6.54 Å². The quantitative estimate of drug-likeness (QED) is 0.0336. The molecule has 0 aliphatic carbocycles. The van der Waals surface area contributed by atoms with Gasteiger partial charge in [-0.05, 0) is 49.5 Å². The minimum atomic E-state index is -2.45. The van der Waals surface area contributed by atoms with Crippen LogP contribution in [0, 0.1) is 17.8 Å². The highest BCUT2D eigenvalue weighted by Gasteiger charge is 2.49. The molecule has 75 heavy (non-hydrogen) atoms. The van der Waals surface area contributed by atoms with Gasteiger partial charge in [0.05, 0.1) is 43.5 Å². The number of aliphatic imine (C=N–C) groups is 1. The molecule has 2 saturated heterocycles. The summed E-state index contributed by atoms with van der Waals surface area (Å²) in [4.78, 5) is 127. The molecule has 2 fully saturated rings. The third-order valence-corrected chi connectivity index (χ3v) is 12.6. The SMILES string of the molecule is CC[C@H](C)[C@@H]1NC2OC2[C@@H](CCCN=C(N)N)NC(=O)[C@H](CC(C)C)NC(=O)C([C@H](O)C(C)C)NC(=O)[C@@H](N)[C@@H](c2ccccc2)NC(=O)[C@H](CO)NC(=O)[C@H]([C@H](O)C(N)=O)NC(=O)CNC(=O)[C@H]([C@H](C)O)NC1=O. The standard InChI is InChI=1S/C47H78N14O14/c1-8-22(6)30-43(72)58-31(23(7)63)42(71)53-18-28(64)57-34(36(66)38(49)67)45(74)56-27(19-62)40(69)59-32(24-13-10-9-11-14-24)29(48)41(70)60-33(35(65)21(4)5)44(73)55-26(17-20(2)3)39(68)54-25(37-46(61-30)75-37)15-12-16-52-47(50)51/h9-11,13-14,20-23,25-27,29-37,46,61-63,65-66H,8,12,15-19,48H2,1-7H3,(H2,49,67)(H,53,71)(H,54,68)(H,55,73)(H,56,74)(H,57,64)(H,58,72)(H,59,69)(H,60,70)(H4,50,51,52)/t22-,23-,25+,26-,27-,29-,30-,31-,32+,33?,34-,35+,36-,37?,46?/m0/s1. The molecule has 0 saturated carbocycles. The molecule has 15 atom stereocenters. The number of nitrogens with one attached hydrogen (secondary N) is 9. The number of primary amides is 1. The van der Waals surface area contributed by atoms with Gasteiger partial charge in [-0.25, -0.2) is 0 Å². The first-order valence-corrected chi connectivity index (χ1v) is 24.8. The van der Waals surface area contributed by atoms with Gasteiger partial charge in [0.1, 0.15) is 48.6 Å². The number of nitrogens with two attached hydrogens (primary N) is 4. The summed E-state index contributed by atoms with van der Waals surface area (Å²) in [6.07, 6.45) is -6.20. The fourth-order valence-corrected chi connectivity index (χ4v) is 8.00. The van der Waals surface area contributed by atoms with E-state index in [1.807, 2.05) is 5.32 Å². The van der Waals surface area contributed by atoms with E-state index in [9.17, 15) is 63.6 Å². The van der Waals surface area contributed by atoms with Gasteiger partial charge < -0.3 is 90.6 Å². The average molecular weight is 1060 g/mol. The molecule has 28 heteroatoms. The van der Waals surface area contributed by atoms with E-state index in [1.54, 1.807) is 59.7 Å². The molecule has 1 aromatic rings. The van der Waals surface area contributed by atoms with Gasteiger partial charge in [0.25, 0.3) is 0 Å². The highest BCUT2D eigenvalue weighted by molar-refractivity contribution is 5.98. The van der Waals surface area contributed by atoms with E-state index < -0.39 is 163 Å². The summed E-state index contributed by atoms with van der Waals surface area (Å²) in [5.74, 6) is -11.4. The molecule has 0 radical (unpaired) electrons. The van der Waals surface area contributed by atoms with E-state index in [2.05, 4.69) is 47.5 Å². The molecule has 1 aromatic carbocycles.